The van der Waals surface area contributed by atoms with E-state index in [0.717, 1.165) is 16.7 Å². The Morgan fingerprint density at radius 1 is 0.957 bits per heavy atom. The number of rotatable bonds is 4. The first-order valence-electron chi connectivity index (χ1n) is 7.65. The Hall–Kier alpha value is -1.97. The topological polar surface area (TPSA) is 29.5 Å². The molecule has 1 saturated heterocycles. The summed E-state index contributed by atoms with van der Waals surface area (Å²) in [6.45, 7) is 2.65. The van der Waals surface area contributed by atoms with Gasteiger partial charge >= 0.3 is 0 Å². The lowest BCUT2D eigenvalue weighted by atomic mass is 9.99. The van der Waals surface area contributed by atoms with Crippen LogP contribution < -0.4 is 0 Å². The van der Waals surface area contributed by atoms with Crippen molar-refractivity contribution >= 4 is 16.6 Å². The molecule has 1 atom stereocenters. The third kappa shape index (κ3) is 4.27. The van der Waals surface area contributed by atoms with E-state index in [4.69, 9.17) is 4.74 Å². The first-order chi connectivity index (χ1) is 11.3. The van der Waals surface area contributed by atoms with Gasteiger partial charge in [0.15, 0.2) is 0 Å². The molecule has 1 aliphatic heterocycles. The SMILES string of the molecule is O=S(C=C=C(c1ccccc1)c1ccccc1)N1CCOCC1. The molecule has 1 aliphatic rings. The molecule has 1 fully saturated rings. The van der Waals surface area contributed by atoms with Gasteiger partial charge in [-0.25, -0.2) is 8.51 Å². The normalized spacial score (nSPS) is 16.3. The number of nitrogens with zero attached hydrogens (tertiary/aromatic N) is 1. The molecule has 0 radical (unpaired) electrons. The average molecular weight is 325 g/mol. The van der Waals surface area contributed by atoms with Gasteiger partial charge < -0.3 is 4.74 Å². The monoisotopic (exact) mass is 325 g/mol. The second-order valence-electron chi connectivity index (χ2n) is 5.19. The standard InChI is InChI=1S/C19H19NO2S/c21-23(20-12-14-22-15-13-20)16-11-19(17-7-3-1-4-8-17)18-9-5-2-6-10-18/h1-10,16H,12-15H2. The van der Waals surface area contributed by atoms with Gasteiger partial charge in [0.1, 0.15) is 11.0 Å². The van der Waals surface area contributed by atoms with E-state index in [1.165, 1.54) is 0 Å². The quantitative estimate of drug-likeness (QED) is 0.808. The maximum Gasteiger partial charge on any atom is 0.128 e. The molecule has 2 aromatic carbocycles. The van der Waals surface area contributed by atoms with Gasteiger partial charge in [0.2, 0.25) is 0 Å². The van der Waals surface area contributed by atoms with Crippen molar-refractivity contribution < 1.29 is 8.95 Å². The minimum atomic E-state index is -1.18. The highest BCUT2D eigenvalue weighted by atomic mass is 32.2. The van der Waals surface area contributed by atoms with Crippen LogP contribution in [0, 0.1) is 0 Å². The van der Waals surface area contributed by atoms with Gasteiger partial charge in [0.05, 0.1) is 18.6 Å². The first kappa shape index (κ1) is 15.9. The van der Waals surface area contributed by atoms with Gasteiger partial charge in [-0.15, -0.1) is 5.73 Å². The molecule has 3 nitrogen and oxygen atoms in total. The zero-order chi connectivity index (χ0) is 15.9. The molecule has 4 heteroatoms. The predicted octanol–water partition coefficient (Wildman–Crippen LogP) is 3.23. The molecule has 23 heavy (non-hydrogen) atoms. The summed E-state index contributed by atoms with van der Waals surface area (Å²) in [6.07, 6.45) is 0. The second-order valence-corrected chi connectivity index (χ2v) is 6.49. The maximum absolute atomic E-state index is 12.4. The summed E-state index contributed by atoms with van der Waals surface area (Å²) < 4.78 is 19.6. The highest BCUT2D eigenvalue weighted by molar-refractivity contribution is 7.85. The summed E-state index contributed by atoms with van der Waals surface area (Å²) in [5.74, 6) is 0. The van der Waals surface area contributed by atoms with E-state index < -0.39 is 11.0 Å². The summed E-state index contributed by atoms with van der Waals surface area (Å²) in [4.78, 5) is 0. The summed E-state index contributed by atoms with van der Waals surface area (Å²) in [6, 6.07) is 20.1. The van der Waals surface area contributed by atoms with Crippen LogP contribution in [0.2, 0.25) is 0 Å². The van der Waals surface area contributed by atoms with Crippen LogP contribution in [0.1, 0.15) is 11.1 Å². The Morgan fingerprint density at radius 3 is 2.00 bits per heavy atom. The number of hydrogen-bond donors (Lipinski definition) is 0. The van der Waals surface area contributed by atoms with Gasteiger partial charge in [-0.1, -0.05) is 60.7 Å². The molecule has 0 aromatic heterocycles. The molecule has 0 saturated carbocycles. The van der Waals surface area contributed by atoms with Crippen molar-refractivity contribution in [2.45, 2.75) is 0 Å². The molecule has 1 heterocycles. The fourth-order valence-corrected chi connectivity index (χ4v) is 3.33. The van der Waals surface area contributed by atoms with E-state index in [2.05, 4.69) is 5.73 Å². The zero-order valence-corrected chi connectivity index (χ0v) is 13.7. The van der Waals surface area contributed by atoms with E-state index in [0.29, 0.717) is 26.3 Å². The lowest BCUT2D eigenvalue weighted by Gasteiger charge is -2.23. The maximum atomic E-state index is 12.4. The van der Waals surface area contributed by atoms with Gasteiger partial charge in [-0.05, 0) is 11.1 Å². The Balaban J connectivity index is 1.94. The Labute approximate surface area is 139 Å². The van der Waals surface area contributed by atoms with Crippen molar-refractivity contribution in [1.29, 1.82) is 0 Å². The van der Waals surface area contributed by atoms with Crippen molar-refractivity contribution in [3.63, 3.8) is 0 Å². The average Bonchev–Trinajstić information content (AvgIpc) is 2.64. The molecule has 0 bridgehead atoms. The van der Waals surface area contributed by atoms with Crippen molar-refractivity contribution in [1.82, 2.24) is 4.31 Å². The number of ether oxygens (including phenoxy) is 1. The summed E-state index contributed by atoms with van der Waals surface area (Å²) in [5, 5.41) is 1.65. The van der Waals surface area contributed by atoms with Crippen LogP contribution in [0.3, 0.4) is 0 Å². The van der Waals surface area contributed by atoms with Crippen LogP contribution in [0.25, 0.3) is 5.57 Å². The molecule has 2 aromatic rings. The van der Waals surface area contributed by atoms with Crippen LogP contribution in [-0.2, 0) is 15.7 Å². The van der Waals surface area contributed by atoms with E-state index >= 15 is 0 Å². The summed E-state index contributed by atoms with van der Waals surface area (Å²) in [7, 11) is -1.18. The lowest BCUT2D eigenvalue weighted by molar-refractivity contribution is 0.0756. The van der Waals surface area contributed by atoms with Crippen LogP contribution >= 0.6 is 0 Å². The molecule has 0 aliphatic carbocycles. The number of benzene rings is 2. The number of hydrogen-bond acceptors (Lipinski definition) is 2. The first-order valence-corrected chi connectivity index (χ1v) is 8.82. The molecule has 0 N–H and O–H groups in total. The molecule has 3 rings (SSSR count). The Kier molecular flexibility index (Phi) is 5.56. The van der Waals surface area contributed by atoms with Crippen molar-refractivity contribution in [2.75, 3.05) is 26.3 Å². The van der Waals surface area contributed by atoms with Crippen molar-refractivity contribution in [3.8, 4) is 0 Å². The van der Waals surface area contributed by atoms with Gasteiger partial charge in [0, 0.05) is 18.7 Å². The summed E-state index contributed by atoms with van der Waals surface area (Å²) in [5.41, 5.74) is 6.34. The fourth-order valence-electron chi connectivity index (χ4n) is 2.45. The molecule has 0 amide bonds. The predicted molar refractivity (Wildman–Crippen MR) is 94.0 cm³/mol. The van der Waals surface area contributed by atoms with E-state index in [9.17, 15) is 4.21 Å². The van der Waals surface area contributed by atoms with Gasteiger partial charge in [-0.2, -0.15) is 0 Å². The second kappa shape index (κ2) is 8.04. The highest BCUT2D eigenvalue weighted by Gasteiger charge is 2.14. The zero-order valence-electron chi connectivity index (χ0n) is 12.9. The van der Waals surface area contributed by atoms with Crippen LogP contribution in [-0.4, -0.2) is 34.8 Å². The van der Waals surface area contributed by atoms with E-state index in [-0.39, 0.29) is 0 Å². The van der Waals surface area contributed by atoms with Crippen LogP contribution in [0.4, 0.5) is 0 Å². The molecule has 118 valence electrons. The smallest absolute Gasteiger partial charge is 0.128 e. The molecular formula is C19H19NO2S. The van der Waals surface area contributed by atoms with Crippen molar-refractivity contribution in [3.05, 3.63) is 82.9 Å². The van der Waals surface area contributed by atoms with E-state index in [1.54, 1.807) is 5.41 Å². The van der Waals surface area contributed by atoms with Crippen molar-refractivity contribution in [2.24, 2.45) is 0 Å². The van der Waals surface area contributed by atoms with Gasteiger partial charge in [-0.3, -0.25) is 0 Å². The molecule has 0 spiro atoms. The Bertz CT molecular complexity index is 674. The van der Waals surface area contributed by atoms with Gasteiger partial charge in [0.25, 0.3) is 0 Å². The lowest BCUT2D eigenvalue weighted by Crippen LogP contribution is -2.36. The minimum absolute atomic E-state index is 0.632. The van der Waals surface area contributed by atoms with Crippen LogP contribution in [0.5, 0.6) is 0 Å². The largest absolute Gasteiger partial charge is 0.379 e. The summed E-state index contributed by atoms with van der Waals surface area (Å²) >= 11 is 0. The van der Waals surface area contributed by atoms with Crippen LogP contribution in [0.15, 0.2) is 71.8 Å². The van der Waals surface area contributed by atoms with E-state index in [1.807, 2.05) is 65.0 Å². The minimum Gasteiger partial charge on any atom is -0.379 e. The number of morpholine rings is 1. The Morgan fingerprint density at radius 2 is 1.48 bits per heavy atom. The fraction of sp³-hybridized carbons (Fsp3) is 0.211. The third-order valence-corrected chi connectivity index (χ3v) is 4.85. The molecule has 1 unspecified atom stereocenters. The molecular weight excluding hydrogens is 306 g/mol. The third-order valence-electron chi connectivity index (χ3n) is 3.65. The highest BCUT2D eigenvalue weighted by Crippen LogP contribution is 2.22.